The van der Waals surface area contributed by atoms with Crippen LogP contribution in [0, 0.1) is 6.92 Å². The molecule has 1 N–H and O–H groups in total. The lowest BCUT2D eigenvalue weighted by molar-refractivity contribution is 0.549. The van der Waals surface area contributed by atoms with E-state index in [1.807, 2.05) is 32.4 Å². The summed E-state index contributed by atoms with van der Waals surface area (Å²) in [6, 6.07) is 27.3. The molecule has 5 rings (SSSR count). The summed E-state index contributed by atoms with van der Waals surface area (Å²) in [5.74, 6) is 0. The minimum absolute atomic E-state index is 0.0619. The number of thiocarbonyl (C=S) groups is 1. The average molecular weight is 454 g/mol. The van der Waals surface area contributed by atoms with Gasteiger partial charge in [0, 0.05) is 49.2 Å². The molecule has 0 amide bonds. The molecule has 2 aromatic carbocycles. The summed E-state index contributed by atoms with van der Waals surface area (Å²) in [5.41, 5.74) is 6.69. The lowest BCUT2D eigenvalue weighted by Gasteiger charge is -2.29. The third-order valence-corrected chi connectivity index (χ3v) is 6.42. The molecular formula is C27H27N5S. The lowest BCUT2D eigenvalue weighted by Crippen LogP contribution is -2.30. The van der Waals surface area contributed by atoms with Crippen molar-refractivity contribution >= 4 is 28.7 Å². The molecule has 1 saturated heterocycles. The highest BCUT2D eigenvalue weighted by Crippen LogP contribution is 2.42. The second-order valence-electron chi connectivity index (χ2n) is 8.55. The maximum Gasteiger partial charge on any atom is 0.174 e. The van der Waals surface area contributed by atoms with Crippen molar-refractivity contribution in [3.63, 3.8) is 0 Å². The zero-order valence-electron chi connectivity index (χ0n) is 19.0. The van der Waals surface area contributed by atoms with Crippen molar-refractivity contribution in [3.05, 3.63) is 108 Å². The Morgan fingerprint density at radius 2 is 1.73 bits per heavy atom. The van der Waals surface area contributed by atoms with Gasteiger partial charge in [0.05, 0.1) is 11.7 Å². The summed E-state index contributed by atoms with van der Waals surface area (Å²) >= 11 is 5.88. The lowest BCUT2D eigenvalue weighted by atomic mass is 10.0. The number of anilines is 2. The van der Waals surface area contributed by atoms with Gasteiger partial charge in [-0.2, -0.15) is 0 Å². The van der Waals surface area contributed by atoms with Crippen LogP contribution in [0.1, 0.15) is 29.0 Å². The van der Waals surface area contributed by atoms with Crippen LogP contribution in [0.15, 0.2) is 91.3 Å². The van der Waals surface area contributed by atoms with E-state index >= 15 is 0 Å². The molecule has 2 aromatic heterocycles. The van der Waals surface area contributed by atoms with Gasteiger partial charge in [0.1, 0.15) is 6.04 Å². The van der Waals surface area contributed by atoms with Crippen LogP contribution in [-0.2, 0) is 0 Å². The highest BCUT2D eigenvalue weighted by atomic mass is 32.1. The first-order chi connectivity index (χ1) is 16.0. The summed E-state index contributed by atoms with van der Waals surface area (Å²) in [5, 5.41) is 4.25. The molecule has 0 unspecified atom stereocenters. The van der Waals surface area contributed by atoms with E-state index < -0.39 is 0 Å². The number of nitrogens with one attached hydrogen (secondary N) is 1. The molecule has 1 aliphatic rings. The first-order valence-electron chi connectivity index (χ1n) is 11.1. The van der Waals surface area contributed by atoms with E-state index in [0.717, 1.165) is 28.5 Å². The largest absolute Gasteiger partial charge is 0.378 e. The number of hydrogen-bond donors (Lipinski definition) is 1. The highest BCUT2D eigenvalue weighted by Gasteiger charge is 2.42. The van der Waals surface area contributed by atoms with Crippen LogP contribution in [0.2, 0.25) is 0 Å². The summed E-state index contributed by atoms with van der Waals surface area (Å²) in [6.45, 7) is 2.12. The third kappa shape index (κ3) is 3.98. The van der Waals surface area contributed by atoms with Crippen molar-refractivity contribution in [2.45, 2.75) is 19.0 Å². The Morgan fingerprint density at radius 3 is 2.42 bits per heavy atom. The molecule has 5 nitrogen and oxygen atoms in total. The summed E-state index contributed by atoms with van der Waals surface area (Å²) in [7, 11) is 4.09. The molecule has 33 heavy (non-hydrogen) atoms. The van der Waals surface area contributed by atoms with Gasteiger partial charge in [0.25, 0.3) is 0 Å². The number of hydrogen-bond acceptors (Lipinski definition) is 3. The summed E-state index contributed by atoms with van der Waals surface area (Å²) < 4.78 is 2.25. The Morgan fingerprint density at radius 1 is 0.909 bits per heavy atom. The minimum Gasteiger partial charge on any atom is -0.378 e. The quantitative estimate of drug-likeness (QED) is 0.408. The fourth-order valence-electron chi connectivity index (χ4n) is 4.49. The van der Waals surface area contributed by atoms with E-state index in [1.165, 1.54) is 5.56 Å². The van der Waals surface area contributed by atoms with Crippen molar-refractivity contribution in [3.8, 4) is 5.69 Å². The van der Waals surface area contributed by atoms with Gasteiger partial charge < -0.3 is 19.7 Å². The van der Waals surface area contributed by atoms with Gasteiger partial charge in [0.2, 0.25) is 0 Å². The highest BCUT2D eigenvalue weighted by molar-refractivity contribution is 7.80. The molecule has 1 fully saturated rings. The second kappa shape index (κ2) is 8.71. The molecule has 0 spiro atoms. The van der Waals surface area contributed by atoms with E-state index in [1.54, 1.807) is 0 Å². The van der Waals surface area contributed by atoms with Gasteiger partial charge in [-0.1, -0.05) is 18.2 Å². The second-order valence-corrected chi connectivity index (χ2v) is 8.94. The molecule has 0 bridgehead atoms. The van der Waals surface area contributed by atoms with Crippen LogP contribution < -0.4 is 15.1 Å². The molecule has 2 atom stereocenters. The number of rotatable bonds is 5. The van der Waals surface area contributed by atoms with Crippen LogP contribution >= 0.6 is 12.2 Å². The summed E-state index contributed by atoms with van der Waals surface area (Å²) in [6.07, 6.45) is 3.96. The van der Waals surface area contributed by atoms with Crippen LogP contribution in [-0.4, -0.2) is 28.8 Å². The number of pyridine rings is 1. The van der Waals surface area contributed by atoms with Crippen LogP contribution in [0.4, 0.5) is 11.4 Å². The molecule has 6 heteroatoms. The Labute approximate surface area is 200 Å². The molecule has 0 saturated carbocycles. The van der Waals surface area contributed by atoms with Crippen molar-refractivity contribution in [2.24, 2.45) is 0 Å². The van der Waals surface area contributed by atoms with Crippen LogP contribution in [0.25, 0.3) is 5.69 Å². The predicted octanol–water partition coefficient (Wildman–Crippen LogP) is 5.42. The van der Waals surface area contributed by atoms with Crippen molar-refractivity contribution in [2.75, 3.05) is 23.9 Å². The normalized spacial score (nSPS) is 17.8. The molecule has 166 valence electrons. The number of nitrogens with zero attached hydrogens (tertiary/aromatic N) is 4. The topological polar surface area (TPSA) is 36.3 Å². The van der Waals surface area contributed by atoms with E-state index in [-0.39, 0.29) is 12.1 Å². The molecule has 4 aromatic rings. The molecular weight excluding hydrogens is 426 g/mol. The Hall–Kier alpha value is -3.64. The zero-order chi connectivity index (χ0) is 22.9. The maximum absolute atomic E-state index is 5.88. The molecule has 0 radical (unpaired) electrons. The minimum atomic E-state index is -0.0781. The van der Waals surface area contributed by atoms with E-state index in [0.29, 0.717) is 5.11 Å². The zero-order valence-corrected chi connectivity index (χ0v) is 19.8. The van der Waals surface area contributed by atoms with Crippen LogP contribution in [0.3, 0.4) is 0 Å². The average Bonchev–Trinajstić information content (AvgIpc) is 3.44. The summed E-state index contributed by atoms with van der Waals surface area (Å²) in [4.78, 5) is 8.99. The predicted molar refractivity (Wildman–Crippen MR) is 139 cm³/mol. The fourth-order valence-corrected chi connectivity index (χ4v) is 4.84. The van der Waals surface area contributed by atoms with Gasteiger partial charge >= 0.3 is 0 Å². The molecule has 3 heterocycles. The van der Waals surface area contributed by atoms with Gasteiger partial charge in [-0.15, -0.1) is 0 Å². The maximum atomic E-state index is 5.88. The van der Waals surface area contributed by atoms with Gasteiger partial charge in [-0.05, 0) is 85.4 Å². The monoisotopic (exact) mass is 453 g/mol. The Kier molecular flexibility index (Phi) is 5.60. The van der Waals surface area contributed by atoms with Crippen molar-refractivity contribution < 1.29 is 0 Å². The third-order valence-electron chi connectivity index (χ3n) is 6.11. The van der Waals surface area contributed by atoms with E-state index in [2.05, 4.69) is 105 Å². The number of benzene rings is 2. The van der Waals surface area contributed by atoms with Gasteiger partial charge in [0.15, 0.2) is 5.11 Å². The number of aryl methyl sites for hydroxylation is 1. The first kappa shape index (κ1) is 21.2. The Bertz CT molecular complexity index is 1260. The number of aromatic nitrogens is 2. The smallest absolute Gasteiger partial charge is 0.174 e. The van der Waals surface area contributed by atoms with Crippen LogP contribution in [0.5, 0.6) is 0 Å². The van der Waals surface area contributed by atoms with Crippen molar-refractivity contribution in [1.82, 2.24) is 14.9 Å². The Balaban J connectivity index is 1.64. The molecule has 1 aliphatic heterocycles. The standard InChI is InChI=1S/C27H27N5S/c1-19-8-6-9-22(18-19)31-17-7-11-24(31)26-25(23-10-4-5-16-28-23)29-27(33)32(26)21-14-12-20(13-15-21)30(2)3/h4-18,25-26H,1-3H3,(H,29,33)/t25-,26+/m1/s1. The fraction of sp³-hybridized carbons (Fsp3) is 0.185. The SMILES string of the molecule is Cc1cccc(-n2cccc2[C@H]2[C@@H](c3ccccn3)NC(=S)N2c2ccc(N(C)C)cc2)c1. The van der Waals surface area contributed by atoms with Gasteiger partial charge in [-0.3, -0.25) is 4.98 Å². The van der Waals surface area contributed by atoms with Crippen molar-refractivity contribution in [1.29, 1.82) is 0 Å². The first-order valence-corrected chi connectivity index (χ1v) is 11.5. The van der Waals surface area contributed by atoms with E-state index in [4.69, 9.17) is 12.2 Å². The van der Waals surface area contributed by atoms with E-state index in [9.17, 15) is 0 Å². The van der Waals surface area contributed by atoms with Gasteiger partial charge in [-0.25, -0.2) is 0 Å². The molecule has 0 aliphatic carbocycles.